The van der Waals surface area contributed by atoms with Crippen molar-refractivity contribution in [2.75, 3.05) is 6.54 Å². The van der Waals surface area contributed by atoms with Crippen LogP contribution in [0.2, 0.25) is 5.02 Å². The van der Waals surface area contributed by atoms with Crippen LogP contribution in [-0.4, -0.2) is 37.4 Å². The predicted octanol–water partition coefficient (Wildman–Crippen LogP) is 5.31. The van der Waals surface area contributed by atoms with Gasteiger partial charge in [-0.25, -0.2) is 0 Å². The lowest BCUT2D eigenvalue weighted by Gasteiger charge is -2.30. The zero-order valence-electron chi connectivity index (χ0n) is 18.1. The summed E-state index contributed by atoms with van der Waals surface area (Å²) in [5.74, 6) is 1.60. The van der Waals surface area contributed by atoms with Crippen LogP contribution in [0.25, 0.3) is 11.4 Å². The molecule has 3 heterocycles. The van der Waals surface area contributed by atoms with Crippen LogP contribution >= 0.6 is 23.4 Å². The van der Waals surface area contributed by atoms with E-state index in [9.17, 15) is 4.79 Å². The molecule has 33 heavy (non-hydrogen) atoms. The summed E-state index contributed by atoms with van der Waals surface area (Å²) < 4.78 is 7.56. The highest BCUT2D eigenvalue weighted by Gasteiger charge is 2.27. The summed E-state index contributed by atoms with van der Waals surface area (Å²) in [5.41, 5.74) is 3.45. The van der Waals surface area contributed by atoms with Gasteiger partial charge in [0.25, 0.3) is 0 Å². The molecule has 0 radical (unpaired) electrons. The molecule has 1 aliphatic heterocycles. The van der Waals surface area contributed by atoms with Gasteiger partial charge in [-0.15, -0.1) is 10.2 Å². The van der Waals surface area contributed by atoms with Crippen molar-refractivity contribution in [3.63, 3.8) is 0 Å². The molecule has 1 unspecified atom stereocenters. The van der Waals surface area contributed by atoms with Gasteiger partial charge in [0, 0.05) is 23.7 Å². The number of nitrogens with zero attached hydrogens (tertiary/aromatic N) is 4. The molecule has 5 rings (SSSR count). The number of rotatable bonds is 6. The topological polar surface area (TPSA) is 64.2 Å². The van der Waals surface area contributed by atoms with Crippen molar-refractivity contribution in [1.29, 1.82) is 0 Å². The molecule has 1 aliphatic rings. The molecule has 2 aromatic heterocycles. The van der Waals surface area contributed by atoms with Gasteiger partial charge in [-0.05, 0) is 60.9 Å². The average molecular weight is 479 g/mol. The van der Waals surface area contributed by atoms with E-state index in [2.05, 4.69) is 28.4 Å². The lowest BCUT2D eigenvalue weighted by atomic mass is 10.00. The summed E-state index contributed by atoms with van der Waals surface area (Å²) in [4.78, 5) is 15.2. The van der Waals surface area contributed by atoms with Crippen LogP contribution in [0.4, 0.5) is 0 Å². The van der Waals surface area contributed by atoms with Gasteiger partial charge in [-0.1, -0.05) is 47.6 Å². The number of amides is 1. The fraction of sp³-hybridized carbons (Fsp3) is 0.240. The Kier molecular flexibility index (Phi) is 6.24. The Morgan fingerprint density at radius 3 is 2.64 bits per heavy atom. The summed E-state index contributed by atoms with van der Waals surface area (Å²) in [6.07, 6.45) is 2.53. The molecule has 0 spiro atoms. The summed E-state index contributed by atoms with van der Waals surface area (Å²) in [5, 5.41) is 9.90. The molecule has 4 aromatic rings. The van der Waals surface area contributed by atoms with Crippen LogP contribution in [0.3, 0.4) is 0 Å². The van der Waals surface area contributed by atoms with E-state index in [1.165, 1.54) is 22.9 Å². The predicted molar refractivity (Wildman–Crippen MR) is 129 cm³/mol. The zero-order valence-corrected chi connectivity index (χ0v) is 19.7. The number of fused-ring (bicyclic) bond motifs is 1. The van der Waals surface area contributed by atoms with E-state index < -0.39 is 0 Å². The van der Waals surface area contributed by atoms with Crippen molar-refractivity contribution in [1.82, 2.24) is 19.7 Å². The molecule has 8 heteroatoms. The van der Waals surface area contributed by atoms with Gasteiger partial charge in [-0.3, -0.25) is 9.36 Å². The smallest absolute Gasteiger partial charge is 0.236 e. The summed E-state index contributed by atoms with van der Waals surface area (Å²) >= 11 is 7.49. The molecular weight excluding hydrogens is 456 g/mol. The lowest BCUT2D eigenvalue weighted by molar-refractivity contribution is -0.131. The highest BCUT2D eigenvalue weighted by molar-refractivity contribution is 8.00. The molecule has 0 bridgehead atoms. The van der Waals surface area contributed by atoms with Crippen molar-refractivity contribution in [2.45, 2.75) is 36.8 Å². The third kappa shape index (κ3) is 4.70. The Balaban J connectivity index is 1.38. The first-order chi connectivity index (χ1) is 16.1. The minimum Gasteiger partial charge on any atom is -0.467 e. The highest BCUT2D eigenvalue weighted by Crippen LogP contribution is 2.30. The number of carbonyl (C=O) groups is 1. The first-order valence-corrected chi connectivity index (χ1v) is 12.1. The van der Waals surface area contributed by atoms with Crippen molar-refractivity contribution in [3.05, 3.63) is 88.8 Å². The van der Waals surface area contributed by atoms with Crippen LogP contribution in [0.5, 0.6) is 0 Å². The average Bonchev–Trinajstić information content (AvgIpc) is 3.49. The molecule has 0 N–H and O–H groups in total. The molecule has 168 valence electrons. The van der Waals surface area contributed by atoms with Gasteiger partial charge < -0.3 is 9.32 Å². The summed E-state index contributed by atoms with van der Waals surface area (Å²) in [7, 11) is 0. The van der Waals surface area contributed by atoms with Gasteiger partial charge in [0.1, 0.15) is 5.76 Å². The fourth-order valence-corrected chi connectivity index (χ4v) is 5.10. The molecule has 1 amide bonds. The Morgan fingerprint density at radius 2 is 1.88 bits per heavy atom. The number of thioether (sulfide) groups is 1. The quantitative estimate of drug-likeness (QED) is 0.351. The first-order valence-electron chi connectivity index (χ1n) is 10.8. The largest absolute Gasteiger partial charge is 0.467 e. The van der Waals surface area contributed by atoms with Crippen LogP contribution in [-0.2, 0) is 24.3 Å². The van der Waals surface area contributed by atoms with E-state index in [4.69, 9.17) is 16.0 Å². The second-order valence-corrected chi connectivity index (χ2v) is 9.76. The molecule has 1 atom stereocenters. The minimum absolute atomic E-state index is 0.107. The van der Waals surface area contributed by atoms with Crippen LogP contribution in [0, 0.1) is 0 Å². The third-order valence-electron chi connectivity index (χ3n) is 5.79. The second-order valence-electron chi connectivity index (χ2n) is 8.02. The van der Waals surface area contributed by atoms with Crippen LogP contribution < -0.4 is 0 Å². The summed E-state index contributed by atoms with van der Waals surface area (Å²) in [6, 6.07) is 19.6. The van der Waals surface area contributed by atoms with Gasteiger partial charge in [0.2, 0.25) is 5.91 Å². The van der Waals surface area contributed by atoms with E-state index >= 15 is 0 Å². The van der Waals surface area contributed by atoms with E-state index in [0.29, 0.717) is 29.1 Å². The van der Waals surface area contributed by atoms with Gasteiger partial charge in [-0.2, -0.15) is 0 Å². The zero-order chi connectivity index (χ0) is 22.8. The molecular formula is C25H23ClN4O2S. The number of furan rings is 1. The minimum atomic E-state index is -0.298. The van der Waals surface area contributed by atoms with Crippen molar-refractivity contribution in [3.8, 4) is 11.4 Å². The number of carbonyl (C=O) groups excluding carboxylic acids is 1. The molecule has 0 saturated heterocycles. The van der Waals surface area contributed by atoms with Gasteiger partial charge >= 0.3 is 0 Å². The van der Waals surface area contributed by atoms with Gasteiger partial charge in [0.15, 0.2) is 11.0 Å². The van der Waals surface area contributed by atoms with E-state index in [1.807, 2.05) is 58.9 Å². The summed E-state index contributed by atoms with van der Waals surface area (Å²) in [6.45, 7) is 3.78. The third-order valence-corrected chi connectivity index (χ3v) is 7.11. The van der Waals surface area contributed by atoms with Crippen molar-refractivity contribution in [2.24, 2.45) is 0 Å². The van der Waals surface area contributed by atoms with Crippen LogP contribution in [0.1, 0.15) is 23.8 Å². The second kappa shape index (κ2) is 9.45. The standard InChI is InChI=1S/C25H23ClN4O2S/c1-17(24(31)29-13-12-18-5-2-3-6-20(18)15-29)33-25-28-27-23(19-8-10-21(26)11-9-19)30(25)16-22-7-4-14-32-22/h2-11,14,17H,12-13,15-16H2,1H3. The lowest BCUT2D eigenvalue weighted by Crippen LogP contribution is -2.40. The number of halogens is 1. The molecule has 6 nitrogen and oxygen atoms in total. The fourth-order valence-electron chi connectivity index (χ4n) is 4.04. The monoisotopic (exact) mass is 478 g/mol. The maximum atomic E-state index is 13.3. The Labute approximate surface area is 201 Å². The van der Waals surface area contributed by atoms with Crippen LogP contribution in [0.15, 0.2) is 76.5 Å². The van der Waals surface area contributed by atoms with E-state index in [1.54, 1.807) is 6.26 Å². The number of hydrogen-bond acceptors (Lipinski definition) is 5. The van der Waals surface area contributed by atoms with Crippen molar-refractivity contribution < 1.29 is 9.21 Å². The number of hydrogen-bond donors (Lipinski definition) is 0. The molecule has 0 fully saturated rings. The number of aromatic nitrogens is 3. The Hall–Kier alpha value is -3.03. The Bertz CT molecular complexity index is 1250. The SMILES string of the molecule is CC(Sc1nnc(-c2ccc(Cl)cc2)n1Cc1ccco1)C(=O)N1CCc2ccccc2C1. The Morgan fingerprint density at radius 1 is 1.09 bits per heavy atom. The molecule has 0 saturated carbocycles. The van der Waals surface area contributed by atoms with Gasteiger partial charge in [0.05, 0.1) is 18.1 Å². The maximum absolute atomic E-state index is 13.3. The van der Waals surface area contributed by atoms with E-state index in [-0.39, 0.29) is 11.2 Å². The molecule has 0 aliphatic carbocycles. The van der Waals surface area contributed by atoms with E-state index in [0.717, 1.165) is 24.3 Å². The maximum Gasteiger partial charge on any atom is 0.236 e. The highest BCUT2D eigenvalue weighted by atomic mass is 35.5. The number of benzene rings is 2. The normalized spacial score (nSPS) is 14.2. The first kappa shape index (κ1) is 21.8. The van der Waals surface area contributed by atoms with Crippen molar-refractivity contribution >= 4 is 29.3 Å². The molecule has 2 aromatic carbocycles.